The number of halogens is 2. The van der Waals surface area contributed by atoms with Crippen LogP contribution in [0.25, 0.3) is 0 Å². The van der Waals surface area contributed by atoms with Crippen LogP contribution >= 0.6 is 11.6 Å². The third-order valence-electron chi connectivity index (χ3n) is 3.29. The third kappa shape index (κ3) is 2.96. The van der Waals surface area contributed by atoms with E-state index in [4.69, 9.17) is 11.6 Å². The molecule has 0 aromatic heterocycles. The van der Waals surface area contributed by atoms with Gasteiger partial charge in [0.05, 0.1) is 6.04 Å². The van der Waals surface area contributed by atoms with E-state index >= 15 is 0 Å². The van der Waals surface area contributed by atoms with E-state index in [0.717, 1.165) is 11.1 Å². The first-order valence-corrected chi connectivity index (χ1v) is 6.60. The van der Waals surface area contributed by atoms with Crippen molar-refractivity contribution in [2.24, 2.45) is 0 Å². The summed E-state index contributed by atoms with van der Waals surface area (Å²) >= 11 is 6.20. The second-order valence-electron chi connectivity index (χ2n) is 4.75. The molecule has 3 heteroatoms. The van der Waals surface area contributed by atoms with E-state index < -0.39 is 0 Å². The van der Waals surface area contributed by atoms with Gasteiger partial charge in [-0.25, -0.2) is 4.39 Å². The highest BCUT2D eigenvalue weighted by molar-refractivity contribution is 6.31. The Kier molecular flexibility index (Phi) is 4.23. The summed E-state index contributed by atoms with van der Waals surface area (Å²) in [4.78, 5) is 0. The number of aryl methyl sites for hydroxylation is 2. The topological polar surface area (TPSA) is 12.0 Å². The summed E-state index contributed by atoms with van der Waals surface area (Å²) in [6, 6.07) is 10.6. The molecule has 1 atom stereocenters. The molecule has 0 saturated heterocycles. The molecule has 2 rings (SSSR count). The van der Waals surface area contributed by atoms with Crippen molar-refractivity contribution in [1.29, 1.82) is 0 Å². The maximum atomic E-state index is 13.4. The third-order valence-corrected chi connectivity index (χ3v) is 3.64. The van der Waals surface area contributed by atoms with E-state index in [9.17, 15) is 4.39 Å². The molecule has 1 unspecified atom stereocenters. The average Bonchev–Trinajstić information content (AvgIpc) is 2.36. The Morgan fingerprint density at radius 1 is 1.05 bits per heavy atom. The van der Waals surface area contributed by atoms with Crippen molar-refractivity contribution in [3.63, 3.8) is 0 Å². The first-order chi connectivity index (χ1) is 9.02. The van der Waals surface area contributed by atoms with Crippen LogP contribution in [0.1, 0.15) is 28.3 Å². The first kappa shape index (κ1) is 14.0. The Balaban J connectivity index is 2.52. The van der Waals surface area contributed by atoms with Gasteiger partial charge in [-0.3, -0.25) is 0 Å². The molecule has 0 heterocycles. The highest BCUT2D eigenvalue weighted by Gasteiger charge is 2.17. The summed E-state index contributed by atoms with van der Waals surface area (Å²) in [5.74, 6) is -0.274. The summed E-state index contributed by atoms with van der Waals surface area (Å²) in [5, 5.41) is 3.78. The number of hydrogen-bond acceptors (Lipinski definition) is 1. The standard InChI is InChI=1S/C16H17ClFN/c1-10-4-6-13(11(2)8-10)16(19-3)14-9-12(18)5-7-15(14)17/h4-9,16,19H,1-3H3. The Labute approximate surface area is 118 Å². The molecule has 2 aromatic carbocycles. The predicted molar refractivity (Wildman–Crippen MR) is 78.2 cm³/mol. The average molecular weight is 278 g/mol. The van der Waals surface area contributed by atoms with Crippen LogP contribution in [0.3, 0.4) is 0 Å². The molecule has 1 nitrogen and oxygen atoms in total. The van der Waals surface area contributed by atoms with Crippen molar-refractivity contribution >= 4 is 11.6 Å². The van der Waals surface area contributed by atoms with Crippen LogP contribution < -0.4 is 5.32 Å². The minimum Gasteiger partial charge on any atom is -0.309 e. The Hall–Kier alpha value is -1.38. The Morgan fingerprint density at radius 3 is 2.42 bits per heavy atom. The predicted octanol–water partition coefficient (Wildman–Crippen LogP) is 4.40. The van der Waals surface area contributed by atoms with Crippen molar-refractivity contribution in [2.45, 2.75) is 19.9 Å². The molecular weight excluding hydrogens is 261 g/mol. The van der Waals surface area contributed by atoms with E-state index in [0.29, 0.717) is 5.02 Å². The molecule has 0 aliphatic heterocycles. The smallest absolute Gasteiger partial charge is 0.123 e. The quantitative estimate of drug-likeness (QED) is 0.876. The highest BCUT2D eigenvalue weighted by Crippen LogP contribution is 2.30. The highest BCUT2D eigenvalue weighted by atomic mass is 35.5. The molecule has 0 radical (unpaired) electrons. The second kappa shape index (κ2) is 5.72. The SMILES string of the molecule is CNC(c1ccc(C)cc1C)c1cc(F)ccc1Cl. The molecule has 19 heavy (non-hydrogen) atoms. The zero-order valence-corrected chi connectivity index (χ0v) is 12.1. The molecule has 2 aromatic rings. The van der Waals surface area contributed by atoms with Crippen molar-refractivity contribution in [3.8, 4) is 0 Å². The summed E-state index contributed by atoms with van der Waals surface area (Å²) in [5.41, 5.74) is 4.25. The molecule has 0 amide bonds. The lowest BCUT2D eigenvalue weighted by molar-refractivity contribution is 0.616. The van der Waals surface area contributed by atoms with Crippen molar-refractivity contribution in [2.75, 3.05) is 7.05 Å². The van der Waals surface area contributed by atoms with Gasteiger partial charge in [-0.2, -0.15) is 0 Å². The fourth-order valence-corrected chi connectivity index (χ4v) is 2.59. The lowest BCUT2D eigenvalue weighted by Crippen LogP contribution is -2.19. The maximum absolute atomic E-state index is 13.4. The van der Waals surface area contributed by atoms with Crippen molar-refractivity contribution in [1.82, 2.24) is 5.32 Å². The number of benzene rings is 2. The monoisotopic (exact) mass is 277 g/mol. The fraction of sp³-hybridized carbons (Fsp3) is 0.250. The second-order valence-corrected chi connectivity index (χ2v) is 5.15. The zero-order valence-electron chi connectivity index (χ0n) is 11.3. The van der Waals surface area contributed by atoms with Crippen LogP contribution in [0.2, 0.25) is 5.02 Å². The van der Waals surface area contributed by atoms with Gasteiger partial charge in [0.1, 0.15) is 5.82 Å². The molecule has 1 N–H and O–H groups in total. The van der Waals surface area contributed by atoms with Gasteiger partial charge in [-0.05, 0) is 55.8 Å². The van der Waals surface area contributed by atoms with E-state index in [1.165, 1.54) is 23.3 Å². The van der Waals surface area contributed by atoms with Gasteiger partial charge in [-0.15, -0.1) is 0 Å². The van der Waals surface area contributed by atoms with Gasteiger partial charge in [0.15, 0.2) is 0 Å². The van der Waals surface area contributed by atoms with E-state index in [-0.39, 0.29) is 11.9 Å². The largest absolute Gasteiger partial charge is 0.309 e. The Morgan fingerprint density at radius 2 is 1.79 bits per heavy atom. The lowest BCUT2D eigenvalue weighted by atomic mass is 9.94. The molecule has 100 valence electrons. The summed E-state index contributed by atoms with van der Waals surface area (Å²) in [6.07, 6.45) is 0. The summed E-state index contributed by atoms with van der Waals surface area (Å²) in [6.45, 7) is 4.11. The zero-order chi connectivity index (χ0) is 14.0. The van der Waals surface area contributed by atoms with E-state index in [2.05, 4.69) is 37.4 Å². The van der Waals surface area contributed by atoms with Crippen LogP contribution in [0.4, 0.5) is 4.39 Å². The van der Waals surface area contributed by atoms with Crippen molar-refractivity contribution < 1.29 is 4.39 Å². The fourth-order valence-electron chi connectivity index (χ4n) is 2.36. The van der Waals surface area contributed by atoms with E-state index in [1.807, 2.05) is 7.05 Å². The van der Waals surface area contributed by atoms with Crippen LogP contribution in [0, 0.1) is 19.7 Å². The van der Waals surface area contributed by atoms with Gasteiger partial charge < -0.3 is 5.32 Å². The number of nitrogens with one attached hydrogen (secondary N) is 1. The van der Waals surface area contributed by atoms with Gasteiger partial charge in [-0.1, -0.05) is 35.4 Å². The molecule has 0 spiro atoms. The number of hydrogen-bond donors (Lipinski definition) is 1. The van der Waals surface area contributed by atoms with Crippen LogP contribution in [-0.2, 0) is 0 Å². The van der Waals surface area contributed by atoms with Gasteiger partial charge in [0.2, 0.25) is 0 Å². The van der Waals surface area contributed by atoms with Gasteiger partial charge >= 0.3 is 0 Å². The van der Waals surface area contributed by atoms with Gasteiger partial charge in [0, 0.05) is 5.02 Å². The number of rotatable bonds is 3. The molecule has 0 bridgehead atoms. The summed E-state index contributed by atoms with van der Waals surface area (Å²) < 4.78 is 13.4. The van der Waals surface area contributed by atoms with Crippen LogP contribution in [0.15, 0.2) is 36.4 Å². The molecular formula is C16H17ClFN. The normalized spacial score (nSPS) is 12.5. The molecule has 0 saturated carbocycles. The van der Waals surface area contributed by atoms with Crippen LogP contribution in [0.5, 0.6) is 0 Å². The molecule has 0 fully saturated rings. The first-order valence-electron chi connectivity index (χ1n) is 6.22. The lowest BCUT2D eigenvalue weighted by Gasteiger charge is -2.21. The van der Waals surface area contributed by atoms with Crippen LogP contribution in [-0.4, -0.2) is 7.05 Å². The molecule has 0 aliphatic rings. The van der Waals surface area contributed by atoms with Crippen molar-refractivity contribution in [3.05, 3.63) is 69.5 Å². The minimum absolute atomic E-state index is 0.108. The minimum atomic E-state index is -0.274. The maximum Gasteiger partial charge on any atom is 0.123 e. The van der Waals surface area contributed by atoms with Gasteiger partial charge in [0.25, 0.3) is 0 Å². The summed E-state index contributed by atoms with van der Waals surface area (Å²) in [7, 11) is 1.85. The Bertz CT molecular complexity index is 595. The molecule has 0 aliphatic carbocycles. The van der Waals surface area contributed by atoms with E-state index in [1.54, 1.807) is 6.07 Å².